The highest BCUT2D eigenvalue weighted by Crippen LogP contribution is 2.22. The highest BCUT2D eigenvalue weighted by atomic mass is 16.6. The van der Waals surface area contributed by atoms with Crippen molar-refractivity contribution in [2.45, 2.75) is 0 Å². The Hall–Kier alpha value is -2.31. The number of nitrogens with zero attached hydrogens (tertiary/aromatic N) is 3. The molecule has 2 N–H and O–H groups in total. The molecule has 0 saturated carbocycles. The first-order chi connectivity index (χ1) is 9.18. The number of hydrogen-bond donors (Lipinski definition) is 2. The van der Waals surface area contributed by atoms with E-state index < -0.39 is 0 Å². The van der Waals surface area contributed by atoms with E-state index in [0.717, 1.165) is 19.0 Å². The van der Waals surface area contributed by atoms with E-state index in [1.54, 1.807) is 18.2 Å². The number of anilines is 1. The van der Waals surface area contributed by atoms with Gasteiger partial charge in [0.05, 0.1) is 11.5 Å². The lowest BCUT2D eigenvalue weighted by Gasteiger charge is -2.15. The molecule has 102 valence electrons. The van der Waals surface area contributed by atoms with Crippen LogP contribution in [0.4, 0.5) is 11.4 Å². The molecule has 2 rings (SSSR count). The van der Waals surface area contributed by atoms with Gasteiger partial charge < -0.3 is 15.5 Å². The number of guanidine groups is 1. The second-order valence-corrected chi connectivity index (χ2v) is 4.25. The molecule has 7 heteroatoms. The van der Waals surface area contributed by atoms with Crippen LogP contribution in [0.2, 0.25) is 0 Å². The van der Waals surface area contributed by atoms with Crippen LogP contribution in [0.25, 0.3) is 0 Å². The standard InChI is InChI=1S/C12H17N5O2/c1-16-9-8-15-12(16)14-7-6-13-10-4-2-3-5-11(10)17(18)19/h2-5,13H,6-9H2,1H3,(H,14,15). The van der Waals surface area contributed by atoms with Gasteiger partial charge >= 0.3 is 0 Å². The Morgan fingerprint density at radius 2 is 2.11 bits per heavy atom. The minimum Gasteiger partial charge on any atom is -0.378 e. The van der Waals surface area contributed by atoms with Crippen molar-refractivity contribution in [3.8, 4) is 0 Å². The van der Waals surface area contributed by atoms with Gasteiger partial charge in [-0.15, -0.1) is 0 Å². The molecule has 0 spiro atoms. The fourth-order valence-electron chi connectivity index (χ4n) is 1.88. The highest BCUT2D eigenvalue weighted by molar-refractivity contribution is 5.81. The van der Waals surface area contributed by atoms with Gasteiger partial charge in [-0.05, 0) is 6.07 Å². The lowest BCUT2D eigenvalue weighted by Crippen LogP contribution is -2.37. The van der Waals surface area contributed by atoms with Crippen LogP contribution in [0, 0.1) is 10.1 Å². The Kier molecular flexibility index (Phi) is 4.17. The van der Waals surface area contributed by atoms with Crippen LogP contribution in [0.15, 0.2) is 29.3 Å². The van der Waals surface area contributed by atoms with E-state index in [0.29, 0.717) is 18.8 Å². The van der Waals surface area contributed by atoms with E-state index in [-0.39, 0.29) is 10.6 Å². The Labute approximate surface area is 111 Å². The quantitative estimate of drug-likeness (QED) is 0.468. The maximum absolute atomic E-state index is 10.8. The molecule has 1 aromatic carbocycles. The fourth-order valence-corrected chi connectivity index (χ4v) is 1.88. The van der Waals surface area contributed by atoms with Gasteiger partial charge in [-0.25, -0.2) is 0 Å². The van der Waals surface area contributed by atoms with Crippen LogP contribution in [-0.4, -0.2) is 49.0 Å². The predicted molar refractivity (Wildman–Crippen MR) is 74.5 cm³/mol. The molecule has 0 fully saturated rings. The third kappa shape index (κ3) is 3.34. The van der Waals surface area contributed by atoms with E-state index in [2.05, 4.69) is 15.6 Å². The van der Waals surface area contributed by atoms with Crippen molar-refractivity contribution < 1.29 is 4.92 Å². The molecule has 0 aromatic heterocycles. The van der Waals surface area contributed by atoms with E-state index in [1.165, 1.54) is 6.07 Å². The zero-order valence-corrected chi connectivity index (χ0v) is 10.8. The molecule has 0 unspecified atom stereocenters. The first kappa shape index (κ1) is 13.1. The van der Waals surface area contributed by atoms with Gasteiger partial charge in [-0.2, -0.15) is 0 Å². The molecule has 1 aliphatic rings. The molecule has 0 aliphatic carbocycles. The zero-order valence-electron chi connectivity index (χ0n) is 10.8. The molecular formula is C12H17N5O2. The van der Waals surface area contributed by atoms with Crippen LogP contribution >= 0.6 is 0 Å². The van der Waals surface area contributed by atoms with Crippen LogP contribution in [0.1, 0.15) is 0 Å². The summed E-state index contributed by atoms with van der Waals surface area (Å²) in [5.41, 5.74) is 0.633. The molecule has 0 radical (unpaired) electrons. The SMILES string of the molecule is CN1CCN=C1NCCNc1ccccc1[N+](=O)[O-]. The third-order valence-corrected chi connectivity index (χ3v) is 2.88. The Morgan fingerprint density at radius 1 is 1.37 bits per heavy atom. The highest BCUT2D eigenvalue weighted by Gasteiger charge is 2.13. The summed E-state index contributed by atoms with van der Waals surface area (Å²) in [5.74, 6) is 0.879. The van der Waals surface area contributed by atoms with Gasteiger partial charge in [0, 0.05) is 32.7 Å². The Morgan fingerprint density at radius 3 is 2.79 bits per heavy atom. The number of para-hydroxylation sites is 2. The normalized spacial score (nSPS) is 14.2. The molecule has 0 bridgehead atoms. The van der Waals surface area contributed by atoms with Gasteiger partial charge in [0.2, 0.25) is 0 Å². The molecule has 0 saturated heterocycles. The van der Waals surface area contributed by atoms with Crippen LogP contribution < -0.4 is 10.6 Å². The van der Waals surface area contributed by atoms with Crippen molar-refractivity contribution in [2.75, 3.05) is 38.5 Å². The van der Waals surface area contributed by atoms with Gasteiger partial charge in [-0.1, -0.05) is 12.1 Å². The van der Waals surface area contributed by atoms with Gasteiger partial charge in [0.25, 0.3) is 5.69 Å². The summed E-state index contributed by atoms with van der Waals surface area (Å²) < 4.78 is 0. The van der Waals surface area contributed by atoms with E-state index >= 15 is 0 Å². The van der Waals surface area contributed by atoms with Crippen molar-refractivity contribution in [2.24, 2.45) is 4.99 Å². The minimum atomic E-state index is -0.384. The summed E-state index contributed by atoms with van der Waals surface area (Å²) in [6, 6.07) is 6.63. The summed E-state index contributed by atoms with van der Waals surface area (Å²) >= 11 is 0. The molecule has 1 aliphatic heterocycles. The molecular weight excluding hydrogens is 246 g/mol. The van der Waals surface area contributed by atoms with Gasteiger partial charge in [0.1, 0.15) is 5.69 Å². The molecule has 0 atom stereocenters. The number of nitro benzene ring substituents is 1. The van der Waals surface area contributed by atoms with Gasteiger partial charge in [0.15, 0.2) is 5.96 Å². The number of nitro groups is 1. The summed E-state index contributed by atoms with van der Waals surface area (Å²) in [6.07, 6.45) is 0. The summed E-state index contributed by atoms with van der Waals surface area (Å²) in [6.45, 7) is 3.00. The predicted octanol–water partition coefficient (Wildman–Crippen LogP) is 0.898. The van der Waals surface area contributed by atoms with Crippen molar-refractivity contribution in [3.63, 3.8) is 0 Å². The smallest absolute Gasteiger partial charge is 0.292 e. The number of hydrogen-bond acceptors (Lipinski definition) is 6. The zero-order chi connectivity index (χ0) is 13.7. The lowest BCUT2D eigenvalue weighted by atomic mass is 10.2. The molecule has 0 amide bonds. The third-order valence-electron chi connectivity index (χ3n) is 2.88. The average molecular weight is 263 g/mol. The van der Waals surface area contributed by atoms with Crippen LogP contribution in [0.5, 0.6) is 0 Å². The summed E-state index contributed by atoms with van der Waals surface area (Å²) in [5, 5.41) is 17.1. The summed E-state index contributed by atoms with van der Waals surface area (Å²) in [4.78, 5) is 16.8. The molecule has 7 nitrogen and oxygen atoms in total. The van der Waals surface area contributed by atoms with Crippen molar-refractivity contribution in [1.82, 2.24) is 10.2 Å². The van der Waals surface area contributed by atoms with E-state index in [4.69, 9.17) is 0 Å². The van der Waals surface area contributed by atoms with Crippen molar-refractivity contribution >= 4 is 17.3 Å². The molecule has 19 heavy (non-hydrogen) atoms. The number of aliphatic imine (C=N–C) groups is 1. The Bertz CT molecular complexity index is 489. The number of rotatable bonds is 5. The number of benzene rings is 1. The van der Waals surface area contributed by atoms with E-state index in [9.17, 15) is 10.1 Å². The molecule has 1 aromatic rings. The average Bonchev–Trinajstić information content (AvgIpc) is 2.80. The maximum atomic E-state index is 10.8. The van der Waals surface area contributed by atoms with Gasteiger partial charge in [-0.3, -0.25) is 15.1 Å². The van der Waals surface area contributed by atoms with Crippen molar-refractivity contribution in [1.29, 1.82) is 0 Å². The number of nitrogens with one attached hydrogen (secondary N) is 2. The minimum absolute atomic E-state index is 0.0952. The topological polar surface area (TPSA) is 82.8 Å². The lowest BCUT2D eigenvalue weighted by molar-refractivity contribution is -0.384. The second-order valence-electron chi connectivity index (χ2n) is 4.25. The van der Waals surface area contributed by atoms with E-state index in [1.807, 2.05) is 11.9 Å². The molecule has 1 heterocycles. The largest absolute Gasteiger partial charge is 0.378 e. The summed E-state index contributed by atoms with van der Waals surface area (Å²) in [7, 11) is 1.98. The van der Waals surface area contributed by atoms with Crippen molar-refractivity contribution in [3.05, 3.63) is 34.4 Å². The Balaban J connectivity index is 1.81. The monoisotopic (exact) mass is 263 g/mol. The fraction of sp³-hybridized carbons (Fsp3) is 0.417. The van der Waals surface area contributed by atoms with Crippen LogP contribution in [0.3, 0.4) is 0 Å². The van der Waals surface area contributed by atoms with Crippen LogP contribution in [-0.2, 0) is 0 Å². The second kappa shape index (κ2) is 6.03. The first-order valence-corrected chi connectivity index (χ1v) is 6.15. The number of likely N-dealkylation sites (N-methyl/N-ethyl adjacent to an activating group) is 1. The maximum Gasteiger partial charge on any atom is 0.292 e. The first-order valence-electron chi connectivity index (χ1n) is 6.15.